The van der Waals surface area contributed by atoms with Gasteiger partial charge in [0.25, 0.3) is 0 Å². The number of halogens is 2. The molecule has 1 aromatic carbocycles. The van der Waals surface area contributed by atoms with Crippen molar-refractivity contribution >= 4 is 29.9 Å². The molecule has 1 heterocycles. The summed E-state index contributed by atoms with van der Waals surface area (Å²) in [5.74, 6) is 0.0995. The normalized spacial score (nSPS) is 24.4. The summed E-state index contributed by atoms with van der Waals surface area (Å²) in [6.07, 6.45) is 0.420. The Morgan fingerprint density at radius 2 is 1.94 bits per heavy atom. The second kappa shape index (κ2) is 5.04. The lowest BCUT2D eigenvalue weighted by Gasteiger charge is -2.23. The molecule has 2 atom stereocenters. The second-order valence-electron chi connectivity index (χ2n) is 3.87. The SMILES string of the molecule is CN1C(=O)CC(N)C1c1ccc(Cl)cc1.Cl. The van der Waals surface area contributed by atoms with Gasteiger partial charge < -0.3 is 10.6 Å². The minimum atomic E-state index is -0.122. The van der Waals surface area contributed by atoms with Crippen LogP contribution in [0.15, 0.2) is 24.3 Å². The third-order valence-electron chi connectivity index (χ3n) is 2.84. The van der Waals surface area contributed by atoms with Gasteiger partial charge in [-0.3, -0.25) is 4.79 Å². The maximum Gasteiger partial charge on any atom is 0.224 e. The zero-order chi connectivity index (χ0) is 11.0. The molecule has 1 aliphatic rings. The van der Waals surface area contributed by atoms with E-state index >= 15 is 0 Å². The molecule has 0 saturated carbocycles. The van der Waals surface area contributed by atoms with Crippen molar-refractivity contribution in [1.82, 2.24) is 4.90 Å². The van der Waals surface area contributed by atoms with Crippen molar-refractivity contribution in [1.29, 1.82) is 0 Å². The molecule has 3 nitrogen and oxygen atoms in total. The number of carbonyl (C=O) groups is 1. The number of hydrogen-bond donors (Lipinski definition) is 1. The summed E-state index contributed by atoms with van der Waals surface area (Å²) < 4.78 is 0. The molecule has 0 radical (unpaired) electrons. The minimum Gasteiger partial charge on any atom is -0.337 e. The lowest BCUT2D eigenvalue weighted by molar-refractivity contribution is -0.127. The van der Waals surface area contributed by atoms with E-state index in [4.69, 9.17) is 17.3 Å². The van der Waals surface area contributed by atoms with Crippen molar-refractivity contribution in [3.05, 3.63) is 34.9 Å². The molecule has 0 aliphatic carbocycles. The van der Waals surface area contributed by atoms with Crippen molar-refractivity contribution < 1.29 is 4.79 Å². The maximum atomic E-state index is 11.5. The monoisotopic (exact) mass is 260 g/mol. The predicted molar refractivity (Wildman–Crippen MR) is 66.8 cm³/mol. The molecule has 16 heavy (non-hydrogen) atoms. The molecule has 2 rings (SSSR count). The first-order valence-corrected chi connectivity index (χ1v) is 5.24. The Morgan fingerprint density at radius 1 is 1.38 bits per heavy atom. The smallest absolute Gasteiger partial charge is 0.224 e. The Kier molecular flexibility index (Phi) is 4.19. The van der Waals surface area contributed by atoms with Gasteiger partial charge in [-0.1, -0.05) is 23.7 Å². The van der Waals surface area contributed by atoms with Crippen molar-refractivity contribution in [2.75, 3.05) is 7.05 Å². The number of likely N-dealkylation sites (N-methyl/N-ethyl adjacent to an activating group) is 1. The van der Waals surface area contributed by atoms with Crippen LogP contribution in [0.4, 0.5) is 0 Å². The Labute approximate surface area is 106 Å². The fourth-order valence-corrected chi connectivity index (χ4v) is 2.16. The zero-order valence-electron chi connectivity index (χ0n) is 8.89. The highest BCUT2D eigenvalue weighted by molar-refractivity contribution is 6.30. The molecule has 1 fully saturated rings. The van der Waals surface area contributed by atoms with Gasteiger partial charge in [-0.2, -0.15) is 0 Å². The number of likely N-dealkylation sites (tertiary alicyclic amines) is 1. The molecule has 0 aromatic heterocycles. The third-order valence-corrected chi connectivity index (χ3v) is 3.09. The number of nitrogens with two attached hydrogens (primary N) is 1. The van der Waals surface area contributed by atoms with E-state index in [9.17, 15) is 4.79 Å². The highest BCUT2D eigenvalue weighted by atomic mass is 35.5. The van der Waals surface area contributed by atoms with Crippen LogP contribution in [0.25, 0.3) is 0 Å². The van der Waals surface area contributed by atoms with E-state index in [2.05, 4.69) is 0 Å². The van der Waals surface area contributed by atoms with E-state index in [1.807, 2.05) is 24.3 Å². The Balaban J connectivity index is 0.00000128. The highest BCUT2D eigenvalue weighted by Gasteiger charge is 2.35. The van der Waals surface area contributed by atoms with Gasteiger partial charge in [0.1, 0.15) is 0 Å². The van der Waals surface area contributed by atoms with Crippen molar-refractivity contribution in [3.8, 4) is 0 Å². The zero-order valence-corrected chi connectivity index (χ0v) is 10.5. The van der Waals surface area contributed by atoms with Gasteiger partial charge in [0.2, 0.25) is 5.91 Å². The average molecular weight is 261 g/mol. The number of amides is 1. The van der Waals surface area contributed by atoms with Crippen LogP contribution in [-0.2, 0) is 4.79 Å². The largest absolute Gasteiger partial charge is 0.337 e. The van der Waals surface area contributed by atoms with Crippen LogP contribution in [0.1, 0.15) is 18.0 Å². The molecule has 5 heteroatoms. The summed E-state index contributed by atoms with van der Waals surface area (Å²) in [5.41, 5.74) is 6.98. The van der Waals surface area contributed by atoms with Crippen LogP contribution in [0.3, 0.4) is 0 Å². The number of hydrogen-bond acceptors (Lipinski definition) is 2. The van der Waals surface area contributed by atoms with Crippen molar-refractivity contribution in [2.45, 2.75) is 18.5 Å². The molecule has 2 unspecified atom stereocenters. The van der Waals surface area contributed by atoms with Crippen LogP contribution < -0.4 is 5.73 Å². The van der Waals surface area contributed by atoms with Gasteiger partial charge in [-0.05, 0) is 17.7 Å². The summed E-state index contributed by atoms with van der Waals surface area (Å²) in [6.45, 7) is 0. The average Bonchev–Trinajstić information content (AvgIpc) is 2.44. The van der Waals surface area contributed by atoms with Crippen LogP contribution in [0.5, 0.6) is 0 Å². The number of benzene rings is 1. The van der Waals surface area contributed by atoms with E-state index in [0.717, 1.165) is 5.56 Å². The van der Waals surface area contributed by atoms with E-state index in [1.54, 1.807) is 11.9 Å². The van der Waals surface area contributed by atoms with Gasteiger partial charge >= 0.3 is 0 Å². The maximum absolute atomic E-state index is 11.5. The second-order valence-corrected chi connectivity index (χ2v) is 4.31. The lowest BCUT2D eigenvalue weighted by atomic mass is 10.0. The standard InChI is InChI=1S/C11H13ClN2O.ClH/c1-14-10(15)6-9(13)11(14)7-2-4-8(12)5-3-7;/h2-5,9,11H,6,13H2,1H3;1H. The topological polar surface area (TPSA) is 46.3 Å². The summed E-state index contributed by atoms with van der Waals surface area (Å²) in [6, 6.07) is 7.34. The van der Waals surface area contributed by atoms with Gasteiger partial charge in [-0.15, -0.1) is 12.4 Å². The fraction of sp³-hybridized carbons (Fsp3) is 0.364. The number of nitrogens with zero attached hydrogens (tertiary/aromatic N) is 1. The van der Waals surface area contributed by atoms with E-state index in [1.165, 1.54) is 0 Å². The molecule has 1 amide bonds. The van der Waals surface area contributed by atoms with E-state index in [0.29, 0.717) is 11.4 Å². The van der Waals surface area contributed by atoms with Crippen molar-refractivity contribution in [3.63, 3.8) is 0 Å². The molecule has 1 aromatic rings. The molecule has 2 N–H and O–H groups in total. The third kappa shape index (κ3) is 2.32. The van der Waals surface area contributed by atoms with E-state index < -0.39 is 0 Å². The minimum absolute atomic E-state index is 0. The molecular weight excluding hydrogens is 247 g/mol. The van der Waals surface area contributed by atoms with Crippen LogP contribution in [0, 0.1) is 0 Å². The quantitative estimate of drug-likeness (QED) is 0.840. The van der Waals surface area contributed by atoms with Crippen LogP contribution in [-0.4, -0.2) is 23.9 Å². The van der Waals surface area contributed by atoms with Gasteiger partial charge in [-0.25, -0.2) is 0 Å². The first kappa shape index (κ1) is 13.3. The number of rotatable bonds is 1. The van der Waals surface area contributed by atoms with E-state index in [-0.39, 0.29) is 30.4 Å². The predicted octanol–water partition coefficient (Wildman–Crippen LogP) is 1.99. The fourth-order valence-electron chi connectivity index (χ4n) is 2.03. The Morgan fingerprint density at radius 3 is 2.38 bits per heavy atom. The summed E-state index contributed by atoms with van der Waals surface area (Å²) in [7, 11) is 1.79. The van der Waals surface area contributed by atoms with Gasteiger partial charge in [0.15, 0.2) is 0 Å². The van der Waals surface area contributed by atoms with Crippen molar-refractivity contribution in [2.24, 2.45) is 5.73 Å². The summed E-state index contributed by atoms with van der Waals surface area (Å²) in [4.78, 5) is 13.2. The Hall–Kier alpha value is -0.770. The summed E-state index contributed by atoms with van der Waals surface area (Å²) >= 11 is 5.81. The van der Waals surface area contributed by atoms with Gasteiger partial charge in [0, 0.05) is 24.5 Å². The molecule has 1 saturated heterocycles. The lowest BCUT2D eigenvalue weighted by Crippen LogP contribution is -2.30. The highest BCUT2D eigenvalue weighted by Crippen LogP contribution is 2.30. The number of carbonyl (C=O) groups excluding carboxylic acids is 1. The molecule has 1 aliphatic heterocycles. The van der Waals surface area contributed by atoms with Gasteiger partial charge in [0.05, 0.1) is 6.04 Å². The molecule has 0 bridgehead atoms. The first-order valence-electron chi connectivity index (χ1n) is 4.86. The van der Waals surface area contributed by atoms with Crippen LogP contribution >= 0.6 is 24.0 Å². The summed E-state index contributed by atoms with van der Waals surface area (Å²) in [5, 5.41) is 0.694. The Bertz CT molecular complexity index is 380. The van der Waals surface area contributed by atoms with Crippen LogP contribution in [0.2, 0.25) is 5.02 Å². The molecule has 0 spiro atoms. The first-order chi connectivity index (χ1) is 7.09. The molecule has 88 valence electrons. The molecular formula is C11H14Cl2N2O.